The Kier molecular flexibility index (Phi) is 4.77. The molecule has 2 heterocycles. The number of ether oxygens (including phenoxy) is 2. The number of fused-ring (bicyclic) bond motifs is 1. The van der Waals surface area contributed by atoms with E-state index >= 15 is 0 Å². The SMILES string of the molecule is COc1cc(OC)cc(C(=O)Nc2c3c(nn2-c2ccccc2)CSC3)c1. The van der Waals surface area contributed by atoms with E-state index in [2.05, 4.69) is 5.32 Å². The van der Waals surface area contributed by atoms with Gasteiger partial charge < -0.3 is 14.8 Å². The second-order valence-corrected chi connectivity index (χ2v) is 7.06. The van der Waals surface area contributed by atoms with Gasteiger partial charge in [0.25, 0.3) is 5.91 Å². The molecule has 1 N–H and O–H groups in total. The third-order valence-electron chi connectivity index (χ3n) is 4.40. The first kappa shape index (κ1) is 17.5. The van der Waals surface area contributed by atoms with Crippen molar-refractivity contribution in [1.29, 1.82) is 0 Å². The lowest BCUT2D eigenvalue weighted by atomic mass is 10.1. The lowest BCUT2D eigenvalue weighted by Crippen LogP contribution is -2.16. The zero-order chi connectivity index (χ0) is 18.8. The number of hydrogen-bond acceptors (Lipinski definition) is 5. The van der Waals surface area contributed by atoms with Crippen LogP contribution in [-0.2, 0) is 11.5 Å². The highest BCUT2D eigenvalue weighted by atomic mass is 32.2. The number of methoxy groups -OCH3 is 2. The molecular weight excluding hydrogens is 362 g/mol. The Morgan fingerprint density at radius 1 is 1.07 bits per heavy atom. The molecule has 0 bridgehead atoms. The molecule has 1 aliphatic rings. The molecular formula is C20H19N3O3S. The van der Waals surface area contributed by atoms with E-state index in [9.17, 15) is 4.79 Å². The van der Waals surface area contributed by atoms with Gasteiger partial charge in [0, 0.05) is 28.7 Å². The van der Waals surface area contributed by atoms with E-state index in [1.54, 1.807) is 48.9 Å². The zero-order valence-electron chi connectivity index (χ0n) is 15.1. The monoisotopic (exact) mass is 381 g/mol. The van der Waals surface area contributed by atoms with Crippen molar-refractivity contribution in [3.8, 4) is 17.2 Å². The number of carbonyl (C=O) groups excluding carboxylic acids is 1. The van der Waals surface area contributed by atoms with E-state index in [4.69, 9.17) is 14.6 Å². The molecule has 0 atom stereocenters. The number of aromatic nitrogens is 2. The fourth-order valence-corrected chi connectivity index (χ4v) is 4.05. The van der Waals surface area contributed by atoms with Gasteiger partial charge in [-0.2, -0.15) is 16.9 Å². The summed E-state index contributed by atoms with van der Waals surface area (Å²) in [5.74, 6) is 3.30. The van der Waals surface area contributed by atoms with E-state index in [1.807, 2.05) is 30.3 Å². The fourth-order valence-electron chi connectivity index (χ4n) is 3.02. The van der Waals surface area contributed by atoms with Crippen molar-refractivity contribution in [2.45, 2.75) is 11.5 Å². The van der Waals surface area contributed by atoms with Crippen LogP contribution in [0.1, 0.15) is 21.6 Å². The topological polar surface area (TPSA) is 65.4 Å². The van der Waals surface area contributed by atoms with Gasteiger partial charge in [-0.3, -0.25) is 4.79 Å². The van der Waals surface area contributed by atoms with Gasteiger partial charge in [-0.15, -0.1) is 0 Å². The van der Waals surface area contributed by atoms with Gasteiger partial charge in [-0.1, -0.05) is 18.2 Å². The average molecular weight is 381 g/mol. The third kappa shape index (κ3) is 3.38. The van der Waals surface area contributed by atoms with Crippen molar-refractivity contribution in [1.82, 2.24) is 9.78 Å². The largest absolute Gasteiger partial charge is 0.497 e. The van der Waals surface area contributed by atoms with Crippen LogP contribution in [0.2, 0.25) is 0 Å². The molecule has 138 valence electrons. The molecule has 7 heteroatoms. The van der Waals surface area contributed by atoms with Gasteiger partial charge in [0.1, 0.15) is 17.3 Å². The highest BCUT2D eigenvalue weighted by molar-refractivity contribution is 7.98. The molecule has 4 rings (SSSR count). The number of nitrogens with zero attached hydrogens (tertiary/aromatic N) is 2. The minimum Gasteiger partial charge on any atom is -0.497 e. The zero-order valence-corrected chi connectivity index (χ0v) is 15.9. The molecule has 1 amide bonds. The lowest BCUT2D eigenvalue weighted by molar-refractivity contribution is 0.102. The van der Waals surface area contributed by atoms with Crippen molar-refractivity contribution in [3.05, 3.63) is 65.4 Å². The first-order valence-corrected chi connectivity index (χ1v) is 9.63. The van der Waals surface area contributed by atoms with E-state index in [0.717, 1.165) is 28.5 Å². The van der Waals surface area contributed by atoms with Gasteiger partial charge in [0.2, 0.25) is 0 Å². The predicted molar refractivity (Wildman–Crippen MR) is 106 cm³/mol. The number of nitrogens with one attached hydrogen (secondary N) is 1. The van der Waals surface area contributed by atoms with E-state index in [-0.39, 0.29) is 5.91 Å². The van der Waals surface area contributed by atoms with Crippen LogP contribution in [0, 0.1) is 0 Å². The summed E-state index contributed by atoms with van der Waals surface area (Å²) >= 11 is 1.80. The van der Waals surface area contributed by atoms with E-state index in [1.165, 1.54) is 0 Å². The molecule has 0 saturated heterocycles. The van der Waals surface area contributed by atoms with Crippen LogP contribution >= 0.6 is 11.8 Å². The van der Waals surface area contributed by atoms with Crippen LogP contribution in [-0.4, -0.2) is 29.9 Å². The average Bonchev–Trinajstić information content (AvgIpc) is 3.30. The molecule has 0 aliphatic carbocycles. The summed E-state index contributed by atoms with van der Waals surface area (Å²) in [4.78, 5) is 13.0. The number of hydrogen-bond donors (Lipinski definition) is 1. The van der Waals surface area contributed by atoms with Crippen molar-refractivity contribution in [3.63, 3.8) is 0 Å². The Bertz CT molecular complexity index is 963. The summed E-state index contributed by atoms with van der Waals surface area (Å²) in [7, 11) is 3.12. The maximum atomic E-state index is 13.0. The molecule has 0 fully saturated rings. The van der Waals surface area contributed by atoms with E-state index in [0.29, 0.717) is 22.9 Å². The normalized spacial score (nSPS) is 12.5. The Morgan fingerprint density at radius 2 is 1.78 bits per heavy atom. The van der Waals surface area contributed by atoms with Gasteiger partial charge in [0.05, 0.1) is 25.6 Å². The van der Waals surface area contributed by atoms with Crippen LogP contribution < -0.4 is 14.8 Å². The van der Waals surface area contributed by atoms with E-state index < -0.39 is 0 Å². The standard InChI is InChI=1S/C20H19N3O3S/c1-25-15-8-13(9-16(10-15)26-2)20(24)21-19-17-11-27-12-18(17)22-23(19)14-6-4-3-5-7-14/h3-10H,11-12H2,1-2H3,(H,21,24). The molecule has 1 aromatic heterocycles. The number of benzene rings is 2. The van der Waals surface area contributed by atoms with Crippen LogP contribution in [0.25, 0.3) is 5.69 Å². The van der Waals surface area contributed by atoms with Crippen LogP contribution in [0.4, 0.5) is 5.82 Å². The predicted octanol–water partition coefficient (Wildman–Crippen LogP) is 3.89. The van der Waals surface area contributed by atoms with Gasteiger partial charge >= 0.3 is 0 Å². The molecule has 0 radical (unpaired) electrons. The molecule has 1 aliphatic heterocycles. The molecule has 0 unspecified atom stereocenters. The first-order valence-electron chi connectivity index (χ1n) is 8.48. The Balaban J connectivity index is 1.72. The highest BCUT2D eigenvalue weighted by Crippen LogP contribution is 2.36. The number of para-hydroxylation sites is 1. The summed E-state index contributed by atoms with van der Waals surface area (Å²) in [5, 5.41) is 7.75. The van der Waals surface area contributed by atoms with Crippen molar-refractivity contribution < 1.29 is 14.3 Å². The minimum absolute atomic E-state index is 0.232. The molecule has 6 nitrogen and oxygen atoms in total. The molecule has 0 spiro atoms. The Labute approximate surface area is 161 Å². The lowest BCUT2D eigenvalue weighted by Gasteiger charge is -2.12. The quantitative estimate of drug-likeness (QED) is 0.726. The van der Waals surface area contributed by atoms with Gasteiger partial charge in [-0.05, 0) is 24.3 Å². The molecule has 27 heavy (non-hydrogen) atoms. The molecule has 0 saturated carbocycles. The second-order valence-electron chi connectivity index (χ2n) is 6.07. The maximum absolute atomic E-state index is 13.0. The number of rotatable bonds is 5. The van der Waals surface area contributed by atoms with Crippen molar-refractivity contribution in [2.24, 2.45) is 0 Å². The third-order valence-corrected chi connectivity index (χ3v) is 5.37. The van der Waals surface area contributed by atoms with Crippen molar-refractivity contribution in [2.75, 3.05) is 19.5 Å². The van der Waals surface area contributed by atoms with Crippen LogP contribution in [0.15, 0.2) is 48.5 Å². The second kappa shape index (κ2) is 7.36. The molecule has 2 aromatic carbocycles. The summed E-state index contributed by atoms with van der Waals surface area (Å²) < 4.78 is 12.3. The summed E-state index contributed by atoms with van der Waals surface area (Å²) in [5.41, 5.74) is 3.47. The number of anilines is 1. The summed E-state index contributed by atoms with van der Waals surface area (Å²) in [6.07, 6.45) is 0. The summed E-state index contributed by atoms with van der Waals surface area (Å²) in [6, 6.07) is 14.9. The number of carbonyl (C=O) groups is 1. The first-order chi connectivity index (χ1) is 13.2. The number of thioether (sulfide) groups is 1. The molecule has 3 aromatic rings. The van der Waals surface area contributed by atoms with Crippen LogP contribution in [0.3, 0.4) is 0 Å². The highest BCUT2D eigenvalue weighted by Gasteiger charge is 2.25. The van der Waals surface area contributed by atoms with Gasteiger partial charge in [0.15, 0.2) is 0 Å². The Hall–Kier alpha value is -2.93. The minimum atomic E-state index is -0.232. The number of amides is 1. The van der Waals surface area contributed by atoms with Crippen LogP contribution in [0.5, 0.6) is 11.5 Å². The fraction of sp³-hybridized carbons (Fsp3) is 0.200. The van der Waals surface area contributed by atoms with Gasteiger partial charge in [-0.25, -0.2) is 4.68 Å². The Morgan fingerprint density at radius 3 is 2.44 bits per heavy atom. The summed E-state index contributed by atoms with van der Waals surface area (Å²) in [6.45, 7) is 0. The smallest absolute Gasteiger partial charge is 0.257 e. The maximum Gasteiger partial charge on any atom is 0.257 e. The van der Waals surface area contributed by atoms with Crippen molar-refractivity contribution >= 4 is 23.5 Å².